The van der Waals surface area contributed by atoms with Crippen LogP contribution in [0, 0.1) is 6.92 Å². The second-order valence-electron chi connectivity index (χ2n) is 2.47. The highest BCUT2D eigenvalue weighted by molar-refractivity contribution is 5.94. The first-order valence-corrected chi connectivity index (χ1v) is 3.49. The van der Waals surface area contributed by atoms with Crippen molar-refractivity contribution < 1.29 is 9.53 Å². The van der Waals surface area contributed by atoms with Gasteiger partial charge in [-0.25, -0.2) is 0 Å². The largest absolute Gasteiger partial charge is 0.378 e. The number of H-pyrrole nitrogens is 1. The van der Waals surface area contributed by atoms with Crippen LogP contribution in [0.5, 0.6) is 0 Å². The Kier molecular flexibility index (Phi) is 2.44. The molecule has 0 aliphatic carbocycles. The van der Waals surface area contributed by atoms with Crippen LogP contribution in [0.3, 0.4) is 0 Å². The molecular formula is C7H11N3O2. The molecule has 1 aromatic heterocycles. The minimum absolute atomic E-state index is 0.294. The molecule has 0 spiro atoms. The lowest BCUT2D eigenvalue weighted by molar-refractivity contribution is 0.0994. The molecule has 0 fully saturated rings. The van der Waals surface area contributed by atoms with Crippen LogP contribution < -0.4 is 5.73 Å². The molecule has 3 N–H and O–H groups in total. The predicted molar refractivity (Wildman–Crippen MR) is 42.6 cm³/mol. The Labute approximate surface area is 69.9 Å². The molecule has 0 bridgehead atoms. The first-order chi connectivity index (χ1) is 5.66. The molecule has 0 radical (unpaired) electrons. The number of carbonyl (C=O) groups is 1. The highest BCUT2D eigenvalue weighted by atomic mass is 16.5. The molecule has 0 unspecified atom stereocenters. The van der Waals surface area contributed by atoms with Gasteiger partial charge in [0.05, 0.1) is 12.2 Å². The second kappa shape index (κ2) is 3.36. The average Bonchev–Trinajstić information content (AvgIpc) is 2.32. The van der Waals surface area contributed by atoms with Gasteiger partial charge in [0, 0.05) is 12.8 Å². The summed E-state index contributed by atoms with van der Waals surface area (Å²) in [5.41, 5.74) is 6.80. The van der Waals surface area contributed by atoms with Crippen molar-refractivity contribution in [1.82, 2.24) is 10.2 Å². The molecule has 1 rings (SSSR count). The van der Waals surface area contributed by atoms with Crippen LogP contribution in [-0.2, 0) is 11.3 Å². The zero-order valence-corrected chi connectivity index (χ0v) is 7.05. The van der Waals surface area contributed by atoms with E-state index in [-0.39, 0.29) is 0 Å². The van der Waals surface area contributed by atoms with Gasteiger partial charge in [-0.05, 0) is 6.92 Å². The summed E-state index contributed by atoms with van der Waals surface area (Å²) in [7, 11) is 1.54. The Morgan fingerprint density at radius 1 is 1.75 bits per heavy atom. The fraction of sp³-hybridized carbons (Fsp3) is 0.429. The molecule has 1 aromatic rings. The van der Waals surface area contributed by atoms with Crippen molar-refractivity contribution >= 4 is 5.91 Å². The van der Waals surface area contributed by atoms with E-state index in [0.717, 1.165) is 0 Å². The smallest absolute Gasteiger partial charge is 0.252 e. The number of nitrogens with two attached hydrogens (primary N) is 1. The highest BCUT2D eigenvalue weighted by Gasteiger charge is 2.14. The summed E-state index contributed by atoms with van der Waals surface area (Å²) in [5.74, 6) is -0.478. The second-order valence-corrected chi connectivity index (χ2v) is 2.47. The zero-order chi connectivity index (χ0) is 9.14. The van der Waals surface area contributed by atoms with Crippen LogP contribution in [0.2, 0.25) is 0 Å². The average molecular weight is 169 g/mol. The van der Waals surface area contributed by atoms with Gasteiger partial charge in [-0.15, -0.1) is 0 Å². The van der Waals surface area contributed by atoms with E-state index in [1.165, 1.54) is 7.11 Å². The Balaban J connectivity index is 3.04. The molecule has 5 nitrogen and oxygen atoms in total. The number of aryl methyl sites for hydroxylation is 1. The molecule has 0 saturated carbocycles. The topological polar surface area (TPSA) is 81.0 Å². The van der Waals surface area contributed by atoms with Crippen molar-refractivity contribution in [2.45, 2.75) is 13.5 Å². The van der Waals surface area contributed by atoms with Crippen molar-refractivity contribution in [2.24, 2.45) is 5.73 Å². The van der Waals surface area contributed by atoms with Crippen LogP contribution in [0.4, 0.5) is 0 Å². The maximum atomic E-state index is 10.9. The number of amides is 1. The van der Waals surface area contributed by atoms with Gasteiger partial charge >= 0.3 is 0 Å². The van der Waals surface area contributed by atoms with Crippen molar-refractivity contribution in [1.29, 1.82) is 0 Å². The summed E-state index contributed by atoms with van der Waals surface area (Å²) < 4.78 is 4.84. The van der Waals surface area contributed by atoms with E-state index in [2.05, 4.69) is 10.2 Å². The number of aromatic amines is 1. The summed E-state index contributed by atoms with van der Waals surface area (Å²) >= 11 is 0. The van der Waals surface area contributed by atoms with Gasteiger partial charge in [-0.2, -0.15) is 5.10 Å². The van der Waals surface area contributed by atoms with Gasteiger partial charge in [0.1, 0.15) is 5.69 Å². The summed E-state index contributed by atoms with van der Waals surface area (Å²) in [4.78, 5) is 10.9. The first kappa shape index (κ1) is 8.73. The van der Waals surface area contributed by atoms with Crippen molar-refractivity contribution in [3.63, 3.8) is 0 Å². The maximum absolute atomic E-state index is 10.9. The normalized spacial score (nSPS) is 10.2. The third-order valence-corrected chi connectivity index (χ3v) is 1.55. The van der Waals surface area contributed by atoms with Crippen LogP contribution >= 0.6 is 0 Å². The highest BCUT2D eigenvalue weighted by Crippen LogP contribution is 2.09. The monoisotopic (exact) mass is 169 g/mol. The van der Waals surface area contributed by atoms with Gasteiger partial charge in [-0.1, -0.05) is 0 Å². The SMILES string of the molecule is COCc1n[nH]c(C)c1C(N)=O. The van der Waals surface area contributed by atoms with Gasteiger partial charge in [0.15, 0.2) is 0 Å². The molecule has 0 saturated heterocycles. The van der Waals surface area contributed by atoms with Gasteiger partial charge in [0.25, 0.3) is 5.91 Å². The number of ether oxygens (including phenoxy) is 1. The first-order valence-electron chi connectivity index (χ1n) is 3.49. The molecule has 1 heterocycles. The fourth-order valence-corrected chi connectivity index (χ4v) is 1.05. The molecule has 66 valence electrons. The predicted octanol–water partition coefficient (Wildman–Crippen LogP) is -0.0366. The third kappa shape index (κ3) is 1.45. The minimum Gasteiger partial charge on any atom is -0.378 e. The van der Waals surface area contributed by atoms with E-state index in [1.54, 1.807) is 6.92 Å². The molecule has 1 amide bonds. The molecule has 0 aliphatic heterocycles. The number of hydrogen-bond acceptors (Lipinski definition) is 3. The summed E-state index contributed by atoms with van der Waals surface area (Å²) in [6, 6.07) is 0. The number of nitrogens with zero attached hydrogens (tertiary/aromatic N) is 1. The Morgan fingerprint density at radius 3 is 2.92 bits per heavy atom. The van der Waals surface area contributed by atoms with E-state index in [1.807, 2.05) is 0 Å². The van der Waals surface area contributed by atoms with Crippen LogP contribution in [0.25, 0.3) is 0 Å². The molecule has 0 aliphatic rings. The number of aromatic nitrogens is 2. The van der Waals surface area contributed by atoms with Crippen molar-refractivity contribution in [3.8, 4) is 0 Å². The Hall–Kier alpha value is -1.36. The molecule has 0 atom stereocenters. The molecule has 0 aromatic carbocycles. The van der Waals surface area contributed by atoms with E-state index in [0.29, 0.717) is 23.6 Å². The van der Waals surface area contributed by atoms with Crippen molar-refractivity contribution in [2.75, 3.05) is 7.11 Å². The molecule has 12 heavy (non-hydrogen) atoms. The maximum Gasteiger partial charge on any atom is 0.252 e. The molecule has 5 heteroatoms. The van der Waals surface area contributed by atoms with E-state index in [9.17, 15) is 4.79 Å². The van der Waals surface area contributed by atoms with Gasteiger partial charge in [-0.3, -0.25) is 9.89 Å². The lowest BCUT2D eigenvalue weighted by Gasteiger charge is -1.96. The number of primary amides is 1. The van der Waals surface area contributed by atoms with E-state index >= 15 is 0 Å². The lowest BCUT2D eigenvalue weighted by atomic mass is 10.2. The fourth-order valence-electron chi connectivity index (χ4n) is 1.05. The number of carbonyl (C=O) groups excluding carboxylic acids is 1. The van der Waals surface area contributed by atoms with E-state index < -0.39 is 5.91 Å². The Bertz CT molecular complexity index is 293. The molecular weight excluding hydrogens is 158 g/mol. The summed E-state index contributed by atoms with van der Waals surface area (Å²) in [6.45, 7) is 2.04. The van der Waals surface area contributed by atoms with Crippen LogP contribution in [0.15, 0.2) is 0 Å². The quantitative estimate of drug-likeness (QED) is 0.666. The number of rotatable bonds is 3. The third-order valence-electron chi connectivity index (χ3n) is 1.55. The number of nitrogens with one attached hydrogen (secondary N) is 1. The Morgan fingerprint density at radius 2 is 2.42 bits per heavy atom. The van der Waals surface area contributed by atoms with Crippen LogP contribution in [-0.4, -0.2) is 23.2 Å². The van der Waals surface area contributed by atoms with Gasteiger partial charge < -0.3 is 10.5 Å². The zero-order valence-electron chi connectivity index (χ0n) is 7.05. The summed E-state index contributed by atoms with van der Waals surface area (Å²) in [5, 5.41) is 6.55. The van der Waals surface area contributed by atoms with E-state index in [4.69, 9.17) is 10.5 Å². The number of hydrogen-bond donors (Lipinski definition) is 2. The van der Waals surface area contributed by atoms with Crippen LogP contribution in [0.1, 0.15) is 21.7 Å². The minimum atomic E-state index is -0.478. The summed E-state index contributed by atoms with van der Waals surface area (Å²) in [6.07, 6.45) is 0. The van der Waals surface area contributed by atoms with Gasteiger partial charge in [0.2, 0.25) is 0 Å². The number of methoxy groups -OCH3 is 1. The lowest BCUT2D eigenvalue weighted by Crippen LogP contribution is -2.14. The van der Waals surface area contributed by atoms with Crippen molar-refractivity contribution in [3.05, 3.63) is 17.0 Å². The standard InChI is InChI=1S/C7H11N3O2/c1-4-6(7(8)11)5(3-12-2)10-9-4/h3H2,1-2H3,(H2,8,11)(H,9,10).